The molecule has 0 aromatic heterocycles. The second kappa shape index (κ2) is 10.0. The SMILES string of the molecule is C=CC[C@@H](O)C=C[C@@H](C)[C@H](O)/C=C/C(OC)OC. The van der Waals surface area contributed by atoms with Gasteiger partial charge in [-0.15, -0.1) is 6.58 Å². The van der Waals surface area contributed by atoms with E-state index in [9.17, 15) is 10.2 Å². The summed E-state index contributed by atoms with van der Waals surface area (Å²) in [6, 6.07) is 0. The van der Waals surface area contributed by atoms with Gasteiger partial charge in [0.1, 0.15) is 0 Å². The lowest BCUT2D eigenvalue weighted by Crippen LogP contribution is -2.16. The fraction of sp³-hybridized carbons (Fsp3) is 0.571. The number of rotatable bonds is 9. The van der Waals surface area contributed by atoms with E-state index in [1.807, 2.05) is 6.92 Å². The highest BCUT2D eigenvalue weighted by atomic mass is 16.7. The van der Waals surface area contributed by atoms with E-state index in [1.54, 1.807) is 30.4 Å². The number of methoxy groups -OCH3 is 2. The van der Waals surface area contributed by atoms with Crippen molar-refractivity contribution < 1.29 is 19.7 Å². The van der Waals surface area contributed by atoms with Crippen LogP contribution in [0, 0.1) is 5.92 Å². The second-order valence-electron chi connectivity index (χ2n) is 4.05. The molecular formula is C14H24O4. The standard InChI is InChI=1S/C14H24O4/c1-5-6-12(15)8-7-11(2)13(16)9-10-14(17-3)18-4/h5,7-16H,1,6H2,2-4H3/b8-7?,10-9+/t11-,12-,13-/m1/s1. The fourth-order valence-electron chi connectivity index (χ4n) is 1.30. The summed E-state index contributed by atoms with van der Waals surface area (Å²) in [5.74, 6) is -0.102. The highest BCUT2D eigenvalue weighted by Gasteiger charge is 2.09. The van der Waals surface area contributed by atoms with Gasteiger partial charge in [-0.25, -0.2) is 0 Å². The van der Waals surface area contributed by atoms with Crippen molar-refractivity contribution >= 4 is 0 Å². The normalized spacial score (nSPS) is 17.4. The molecule has 0 aliphatic heterocycles. The van der Waals surface area contributed by atoms with Crippen LogP contribution in [0.15, 0.2) is 37.0 Å². The highest BCUT2D eigenvalue weighted by Crippen LogP contribution is 2.09. The van der Waals surface area contributed by atoms with Crippen molar-refractivity contribution in [1.82, 2.24) is 0 Å². The molecule has 0 radical (unpaired) electrons. The maximum atomic E-state index is 9.85. The van der Waals surface area contributed by atoms with Gasteiger partial charge < -0.3 is 19.7 Å². The van der Waals surface area contributed by atoms with Gasteiger partial charge in [-0.3, -0.25) is 0 Å². The Balaban J connectivity index is 4.24. The molecule has 4 nitrogen and oxygen atoms in total. The number of aliphatic hydroxyl groups is 2. The Morgan fingerprint density at radius 3 is 2.17 bits per heavy atom. The van der Waals surface area contributed by atoms with E-state index in [0.717, 1.165) is 0 Å². The average Bonchev–Trinajstić information content (AvgIpc) is 2.37. The van der Waals surface area contributed by atoms with Crippen LogP contribution >= 0.6 is 0 Å². The molecule has 0 saturated heterocycles. The maximum absolute atomic E-state index is 9.85. The van der Waals surface area contributed by atoms with Crippen LogP contribution in [0.3, 0.4) is 0 Å². The van der Waals surface area contributed by atoms with Gasteiger partial charge in [0, 0.05) is 20.1 Å². The predicted molar refractivity (Wildman–Crippen MR) is 72.1 cm³/mol. The molecule has 0 aromatic rings. The Morgan fingerprint density at radius 1 is 1.06 bits per heavy atom. The van der Waals surface area contributed by atoms with Crippen molar-refractivity contribution in [2.75, 3.05) is 14.2 Å². The van der Waals surface area contributed by atoms with Crippen LogP contribution in [0.4, 0.5) is 0 Å². The van der Waals surface area contributed by atoms with Gasteiger partial charge in [0.25, 0.3) is 0 Å². The van der Waals surface area contributed by atoms with Crippen LogP contribution in [0.25, 0.3) is 0 Å². The number of aliphatic hydroxyl groups excluding tert-OH is 2. The minimum absolute atomic E-state index is 0.102. The van der Waals surface area contributed by atoms with Gasteiger partial charge in [-0.1, -0.05) is 31.2 Å². The van der Waals surface area contributed by atoms with Crippen molar-refractivity contribution in [3.63, 3.8) is 0 Å². The Labute approximate surface area is 109 Å². The molecule has 0 unspecified atom stereocenters. The summed E-state index contributed by atoms with van der Waals surface area (Å²) in [7, 11) is 3.06. The first-order chi connectivity index (χ1) is 8.54. The molecule has 0 bridgehead atoms. The maximum Gasteiger partial charge on any atom is 0.176 e. The molecule has 2 N–H and O–H groups in total. The number of ether oxygens (including phenoxy) is 2. The predicted octanol–water partition coefficient (Wildman–Crippen LogP) is 1.65. The van der Waals surface area contributed by atoms with Crippen LogP contribution in [-0.4, -0.2) is 42.9 Å². The lowest BCUT2D eigenvalue weighted by atomic mass is 10.0. The lowest BCUT2D eigenvalue weighted by Gasteiger charge is -2.13. The van der Waals surface area contributed by atoms with Gasteiger partial charge in [0.15, 0.2) is 6.29 Å². The third kappa shape index (κ3) is 7.40. The number of hydrogen-bond donors (Lipinski definition) is 2. The van der Waals surface area contributed by atoms with Crippen molar-refractivity contribution in [3.05, 3.63) is 37.0 Å². The van der Waals surface area contributed by atoms with E-state index >= 15 is 0 Å². The molecule has 0 aromatic carbocycles. The molecule has 0 aliphatic carbocycles. The Kier molecular flexibility index (Phi) is 9.50. The quantitative estimate of drug-likeness (QED) is 0.486. The van der Waals surface area contributed by atoms with E-state index in [4.69, 9.17) is 9.47 Å². The van der Waals surface area contributed by atoms with Crippen LogP contribution in [0.2, 0.25) is 0 Å². The van der Waals surface area contributed by atoms with E-state index in [-0.39, 0.29) is 5.92 Å². The third-order valence-corrected chi connectivity index (χ3v) is 2.51. The minimum Gasteiger partial charge on any atom is -0.389 e. The third-order valence-electron chi connectivity index (χ3n) is 2.51. The van der Waals surface area contributed by atoms with Crippen LogP contribution in [0.1, 0.15) is 13.3 Å². The molecule has 0 spiro atoms. The number of hydrogen-bond acceptors (Lipinski definition) is 4. The molecule has 3 atom stereocenters. The molecule has 18 heavy (non-hydrogen) atoms. The largest absolute Gasteiger partial charge is 0.389 e. The smallest absolute Gasteiger partial charge is 0.176 e. The fourth-order valence-corrected chi connectivity index (χ4v) is 1.30. The summed E-state index contributed by atoms with van der Waals surface area (Å²) in [4.78, 5) is 0. The van der Waals surface area contributed by atoms with E-state index < -0.39 is 18.5 Å². The Bertz CT molecular complexity index is 269. The van der Waals surface area contributed by atoms with E-state index in [0.29, 0.717) is 6.42 Å². The zero-order valence-electron chi connectivity index (χ0n) is 11.3. The van der Waals surface area contributed by atoms with Crippen LogP contribution in [0.5, 0.6) is 0 Å². The monoisotopic (exact) mass is 256 g/mol. The molecule has 0 heterocycles. The van der Waals surface area contributed by atoms with Gasteiger partial charge >= 0.3 is 0 Å². The molecule has 0 rings (SSSR count). The highest BCUT2D eigenvalue weighted by molar-refractivity contribution is 5.02. The van der Waals surface area contributed by atoms with Crippen molar-refractivity contribution in [2.45, 2.75) is 31.8 Å². The minimum atomic E-state index is -0.648. The molecule has 0 aliphatic rings. The average molecular weight is 256 g/mol. The summed E-state index contributed by atoms with van der Waals surface area (Å²) >= 11 is 0. The van der Waals surface area contributed by atoms with Crippen molar-refractivity contribution in [3.8, 4) is 0 Å². The van der Waals surface area contributed by atoms with Crippen LogP contribution < -0.4 is 0 Å². The molecule has 4 heteroatoms. The Morgan fingerprint density at radius 2 is 1.67 bits per heavy atom. The Hall–Kier alpha value is -0.940. The summed E-state index contributed by atoms with van der Waals surface area (Å²) in [6.45, 7) is 5.41. The van der Waals surface area contributed by atoms with E-state index in [2.05, 4.69) is 6.58 Å². The lowest BCUT2D eigenvalue weighted by molar-refractivity contribution is -0.0672. The molecule has 0 fully saturated rings. The van der Waals surface area contributed by atoms with Gasteiger partial charge in [0.2, 0.25) is 0 Å². The zero-order valence-corrected chi connectivity index (χ0v) is 11.3. The first-order valence-electron chi connectivity index (χ1n) is 5.94. The van der Waals surface area contributed by atoms with Gasteiger partial charge in [-0.2, -0.15) is 0 Å². The van der Waals surface area contributed by atoms with Crippen molar-refractivity contribution in [2.24, 2.45) is 5.92 Å². The van der Waals surface area contributed by atoms with Gasteiger partial charge in [-0.05, 0) is 12.5 Å². The van der Waals surface area contributed by atoms with Gasteiger partial charge in [0.05, 0.1) is 12.2 Å². The first kappa shape index (κ1) is 17.1. The van der Waals surface area contributed by atoms with Crippen LogP contribution in [-0.2, 0) is 9.47 Å². The molecule has 0 amide bonds. The summed E-state index contributed by atoms with van der Waals surface area (Å²) in [6.07, 6.45) is 7.20. The second-order valence-corrected chi connectivity index (χ2v) is 4.05. The first-order valence-corrected chi connectivity index (χ1v) is 5.94. The summed E-state index contributed by atoms with van der Waals surface area (Å²) < 4.78 is 9.94. The molecule has 0 saturated carbocycles. The molecular weight excluding hydrogens is 232 g/mol. The zero-order chi connectivity index (χ0) is 14.0. The summed E-state index contributed by atoms with van der Waals surface area (Å²) in [5.41, 5.74) is 0. The summed E-state index contributed by atoms with van der Waals surface area (Å²) in [5, 5.41) is 19.3. The van der Waals surface area contributed by atoms with E-state index in [1.165, 1.54) is 14.2 Å². The topological polar surface area (TPSA) is 58.9 Å². The molecule has 104 valence electrons. The van der Waals surface area contributed by atoms with Crippen molar-refractivity contribution in [1.29, 1.82) is 0 Å².